The fourth-order valence-electron chi connectivity index (χ4n) is 3.14. The van der Waals surface area contributed by atoms with Crippen LogP contribution < -0.4 is 4.74 Å². The smallest absolute Gasteiger partial charge is 0.305 e. The molecule has 0 aliphatic rings. The predicted molar refractivity (Wildman–Crippen MR) is 114 cm³/mol. The molecule has 0 spiro atoms. The lowest BCUT2D eigenvalue weighted by Gasteiger charge is -2.09. The minimum atomic E-state index is -0.190. The number of ether oxygens (including phenoxy) is 3. The van der Waals surface area contributed by atoms with Crippen LogP contribution in [-0.4, -0.2) is 20.2 Å². The Kier molecular flexibility index (Phi) is 7.42. The van der Waals surface area contributed by atoms with Gasteiger partial charge in [0.05, 0.1) is 13.7 Å². The second-order valence-electron chi connectivity index (χ2n) is 6.84. The number of hydrogen-bond donors (Lipinski definition) is 0. The maximum atomic E-state index is 11.4. The van der Waals surface area contributed by atoms with Gasteiger partial charge in [0.25, 0.3) is 0 Å². The molecule has 0 aliphatic carbocycles. The number of hydrogen-bond acceptors (Lipinski definition) is 4. The van der Waals surface area contributed by atoms with Gasteiger partial charge in [-0.25, -0.2) is 0 Å². The van der Waals surface area contributed by atoms with Gasteiger partial charge in [-0.2, -0.15) is 0 Å². The van der Waals surface area contributed by atoms with Crippen LogP contribution in [0.2, 0.25) is 0 Å². The quantitative estimate of drug-likeness (QED) is 0.472. The van der Waals surface area contributed by atoms with Crippen LogP contribution in [0.4, 0.5) is 0 Å². The monoisotopic (exact) mass is 390 g/mol. The molecule has 4 heteroatoms. The lowest BCUT2D eigenvalue weighted by atomic mass is 10.0. The third kappa shape index (κ3) is 6.19. The summed E-state index contributed by atoms with van der Waals surface area (Å²) in [5, 5.41) is 0. The van der Waals surface area contributed by atoms with E-state index < -0.39 is 0 Å². The molecule has 0 N–H and O–H groups in total. The van der Waals surface area contributed by atoms with Crippen molar-refractivity contribution in [3.05, 3.63) is 89.5 Å². The molecule has 3 aromatic rings. The molecule has 0 saturated carbocycles. The molecule has 0 heterocycles. The normalized spacial score (nSPS) is 10.6. The molecular weight excluding hydrogens is 364 g/mol. The van der Waals surface area contributed by atoms with Gasteiger partial charge in [-0.05, 0) is 46.4 Å². The largest absolute Gasteiger partial charge is 0.489 e. The van der Waals surface area contributed by atoms with Crippen molar-refractivity contribution in [1.82, 2.24) is 0 Å². The summed E-state index contributed by atoms with van der Waals surface area (Å²) in [4.78, 5) is 11.4. The predicted octanol–water partition coefficient (Wildman–Crippen LogP) is 5.18. The molecule has 0 atom stereocenters. The molecule has 4 nitrogen and oxygen atoms in total. The first-order valence-electron chi connectivity index (χ1n) is 9.63. The first-order chi connectivity index (χ1) is 14.2. The van der Waals surface area contributed by atoms with Crippen molar-refractivity contribution < 1.29 is 19.0 Å². The van der Waals surface area contributed by atoms with E-state index in [-0.39, 0.29) is 5.97 Å². The number of methoxy groups -OCH3 is 2. The Labute approximate surface area is 172 Å². The SMILES string of the molecule is COCc1cccc(COc2ccc(-c3cccc(CCC(=O)OC)c3)cc2)c1. The number of esters is 1. The van der Waals surface area contributed by atoms with Crippen molar-refractivity contribution in [2.75, 3.05) is 14.2 Å². The molecule has 0 amide bonds. The Hall–Kier alpha value is -3.11. The van der Waals surface area contributed by atoms with Gasteiger partial charge in [0.15, 0.2) is 0 Å². The van der Waals surface area contributed by atoms with Crippen LogP contribution in [-0.2, 0) is 33.9 Å². The highest BCUT2D eigenvalue weighted by Gasteiger charge is 2.04. The molecule has 0 aliphatic heterocycles. The molecule has 0 bridgehead atoms. The number of benzene rings is 3. The second kappa shape index (κ2) is 10.4. The molecule has 29 heavy (non-hydrogen) atoms. The maximum absolute atomic E-state index is 11.4. The molecule has 0 radical (unpaired) electrons. The summed E-state index contributed by atoms with van der Waals surface area (Å²) in [6.07, 6.45) is 1.06. The van der Waals surface area contributed by atoms with Crippen LogP contribution in [0.15, 0.2) is 72.8 Å². The van der Waals surface area contributed by atoms with Gasteiger partial charge in [0.2, 0.25) is 0 Å². The first kappa shape index (κ1) is 20.6. The van der Waals surface area contributed by atoms with Gasteiger partial charge in [0, 0.05) is 13.5 Å². The van der Waals surface area contributed by atoms with E-state index in [0.29, 0.717) is 26.1 Å². The molecule has 0 unspecified atom stereocenters. The lowest BCUT2D eigenvalue weighted by Crippen LogP contribution is -2.01. The van der Waals surface area contributed by atoms with Crippen LogP contribution in [0.5, 0.6) is 5.75 Å². The molecule has 0 aromatic heterocycles. The highest BCUT2D eigenvalue weighted by molar-refractivity contribution is 5.70. The van der Waals surface area contributed by atoms with Crippen LogP contribution in [0.25, 0.3) is 11.1 Å². The third-order valence-corrected chi connectivity index (χ3v) is 4.67. The van der Waals surface area contributed by atoms with Crippen LogP contribution in [0, 0.1) is 0 Å². The minimum Gasteiger partial charge on any atom is -0.489 e. The van der Waals surface area contributed by atoms with Gasteiger partial charge in [0.1, 0.15) is 12.4 Å². The Morgan fingerprint density at radius 3 is 2.17 bits per heavy atom. The molecule has 0 saturated heterocycles. The van der Waals surface area contributed by atoms with Crippen molar-refractivity contribution in [3.63, 3.8) is 0 Å². The van der Waals surface area contributed by atoms with Gasteiger partial charge in [-0.1, -0.05) is 60.7 Å². The molecule has 3 rings (SSSR count). The number of carbonyl (C=O) groups excluding carboxylic acids is 1. The Bertz CT molecular complexity index is 932. The summed E-state index contributed by atoms with van der Waals surface area (Å²) in [5.41, 5.74) is 5.59. The third-order valence-electron chi connectivity index (χ3n) is 4.67. The maximum Gasteiger partial charge on any atom is 0.305 e. The molecule has 150 valence electrons. The van der Waals surface area contributed by atoms with Gasteiger partial charge >= 0.3 is 5.97 Å². The van der Waals surface area contributed by atoms with E-state index in [4.69, 9.17) is 14.2 Å². The van der Waals surface area contributed by atoms with E-state index in [0.717, 1.165) is 33.6 Å². The van der Waals surface area contributed by atoms with Gasteiger partial charge < -0.3 is 14.2 Å². The van der Waals surface area contributed by atoms with Crippen molar-refractivity contribution in [3.8, 4) is 16.9 Å². The van der Waals surface area contributed by atoms with Crippen molar-refractivity contribution in [2.45, 2.75) is 26.1 Å². The zero-order chi connectivity index (χ0) is 20.5. The Balaban J connectivity index is 1.61. The van der Waals surface area contributed by atoms with E-state index >= 15 is 0 Å². The average molecular weight is 390 g/mol. The van der Waals surface area contributed by atoms with Crippen molar-refractivity contribution >= 4 is 5.97 Å². The van der Waals surface area contributed by atoms with Gasteiger partial charge in [-0.3, -0.25) is 4.79 Å². The summed E-state index contributed by atoms with van der Waals surface area (Å²) in [7, 11) is 3.11. The zero-order valence-electron chi connectivity index (χ0n) is 16.9. The Morgan fingerprint density at radius 2 is 1.45 bits per heavy atom. The summed E-state index contributed by atoms with van der Waals surface area (Å²) in [6.45, 7) is 1.11. The first-order valence-corrected chi connectivity index (χ1v) is 9.63. The Morgan fingerprint density at radius 1 is 0.759 bits per heavy atom. The topological polar surface area (TPSA) is 44.8 Å². The fourth-order valence-corrected chi connectivity index (χ4v) is 3.14. The standard InChI is InChI=1S/C25H26O4/c1-27-17-20-6-3-7-21(15-20)18-29-24-12-10-22(11-13-24)23-8-4-5-19(16-23)9-14-25(26)28-2/h3-8,10-13,15-16H,9,14,17-18H2,1-2H3. The highest BCUT2D eigenvalue weighted by Crippen LogP contribution is 2.24. The van der Waals surface area contributed by atoms with Crippen molar-refractivity contribution in [1.29, 1.82) is 0 Å². The number of aryl methyl sites for hydroxylation is 1. The fraction of sp³-hybridized carbons (Fsp3) is 0.240. The number of carbonyl (C=O) groups is 1. The van der Waals surface area contributed by atoms with Gasteiger partial charge in [-0.15, -0.1) is 0 Å². The van der Waals surface area contributed by atoms with E-state index in [9.17, 15) is 4.79 Å². The summed E-state index contributed by atoms with van der Waals surface area (Å²) in [6, 6.07) is 24.5. The zero-order valence-corrected chi connectivity index (χ0v) is 16.9. The van der Waals surface area contributed by atoms with Crippen LogP contribution >= 0.6 is 0 Å². The number of rotatable bonds is 9. The summed E-state index contributed by atoms with van der Waals surface area (Å²) >= 11 is 0. The highest BCUT2D eigenvalue weighted by atomic mass is 16.5. The van der Waals surface area contributed by atoms with Crippen LogP contribution in [0.1, 0.15) is 23.1 Å². The van der Waals surface area contributed by atoms with E-state index in [1.54, 1.807) is 7.11 Å². The second-order valence-corrected chi connectivity index (χ2v) is 6.84. The average Bonchev–Trinajstić information content (AvgIpc) is 2.77. The summed E-state index contributed by atoms with van der Waals surface area (Å²) in [5.74, 6) is 0.636. The van der Waals surface area contributed by atoms with E-state index in [1.807, 2.05) is 42.5 Å². The molecular formula is C25H26O4. The summed E-state index contributed by atoms with van der Waals surface area (Å²) < 4.78 is 15.8. The molecule has 3 aromatic carbocycles. The van der Waals surface area contributed by atoms with E-state index in [1.165, 1.54) is 7.11 Å². The molecule has 0 fully saturated rings. The minimum absolute atomic E-state index is 0.190. The van der Waals surface area contributed by atoms with Crippen molar-refractivity contribution in [2.24, 2.45) is 0 Å². The van der Waals surface area contributed by atoms with E-state index in [2.05, 4.69) is 30.3 Å². The lowest BCUT2D eigenvalue weighted by molar-refractivity contribution is -0.140. The van der Waals surface area contributed by atoms with Crippen LogP contribution in [0.3, 0.4) is 0 Å².